The van der Waals surface area contributed by atoms with Crippen molar-refractivity contribution < 1.29 is 9.13 Å². The molecule has 0 amide bonds. The SMILES string of the molecule is COc1ccccc1-c1cc(F)cc2cnc(Nc3cc(C4CCCCC4)nn3C(C)C)nc12. The average molecular weight is 460 g/mol. The number of halogens is 1. The summed E-state index contributed by atoms with van der Waals surface area (Å²) in [6, 6.07) is 12.8. The number of benzene rings is 2. The van der Waals surface area contributed by atoms with Crippen molar-refractivity contribution in [2.75, 3.05) is 12.4 Å². The monoisotopic (exact) mass is 459 g/mol. The first-order chi connectivity index (χ1) is 16.5. The number of anilines is 2. The molecule has 4 aromatic rings. The molecular formula is C27H30FN5O. The summed E-state index contributed by atoms with van der Waals surface area (Å²) in [5.41, 5.74) is 3.24. The van der Waals surface area contributed by atoms with Gasteiger partial charge in [-0.15, -0.1) is 0 Å². The van der Waals surface area contributed by atoms with Gasteiger partial charge < -0.3 is 10.1 Å². The standard InChI is InChI=1S/C27H30FN5O/c1-17(2)33-25(15-23(32-33)18-9-5-4-6-10-18)30-27-29-16-19-13-20(28)14-22(26(19)31-27)21-11-7-8-12-24(21)34-3/h7-8,11-18H,4-6,9-10H2,1-3H3,(H,29,30,31). The van der Waals surface area contributed by atoms with E-state index in [1.54, 1.807) is 13.3 Å². The van der Waals surface area contributed by atoms with Crippen molar-refractivity contribution in [3.8, 4) is 16.9 Å². The zero-order valence-electron chi connectivity index (χ0n) is 19.9. The fourth-order valence-electron chi connectivity index (χ4n) is 4.85. The van der Waals surface area contributed by atoms with Gasteiger partial charge in [0.25, 0.3) is 0 Å². The Balaban J connectivity index is 1.55. The predicted octanol–water partition coefficient (Wildman–Crippen LogP) is 7.01. The molecule has 1 saturated carbocycles. The van der Waals surface area contributed by atoms with E-state index in [1.807, 2.05) is 28.9 Å². The Kier molecular flexibility index (Phi) is 6.18. The van der Waals surface area contributed by atoms with Gasteiger partial charge in [-0.3, -0.25) is 0 Å². The minimum Gasteiger partial charge on any atom is -0.496 e. The lowest BCUT2D eigenvalue weighted by Gasteiger charge is -2.19. The minimum absolute atomic E-state index is 0.193. The van der Waals surface area contributed by atoms with Crippen LogP contribution < -0.4 is 10.1 Å². The maximum absolute atomic E-state index is 14.5. The molecule has 1 aliphatic rings. The third kappa shape index (κ3) is 4.34. The van der Waals surface area contributed by atoms with E-state index in [-0.39, 0.29) is 11.9 Å². The van der Waals surface area contributed by atoms with E-state index in [4.69, 9.17) is 14.8 Å². The Bertz CT molecular complexity index is 1310. The zero-order valence-corrected chi connectivity index (χ0v) is 19.9. The van der Waals surface area contributed by atoms with E-state index >= 15 is 0 Å². The Labute approximate surface area is 199 Å². The number of aromatic nitrogens is 4. The van der Waals surface area contributed by atoms with Gasteiger partial charge in [-0.2, -0.15) is 5.10 Å². The molecule has 0 aliphatic heterocycles. The van der Waals surface area contributed by atoms with Gasteiger partial charge in [0.2, 0.25) is 5.95 Å². The molecule has 2 aromatic heterocycles. The van der Waals surface area contributed by atoms with Gasteiger partial charge in [-0.05, 0) is 44.9 Å². The van der Waals surface area contributed by atoms with E-state index < -0.39 is 0 Å². The molecule has 0 saturated heterocycles. The number of nitrogens with one attached hydrogen (secondary N) is 1. The number of hydrogen-bond acceptors (Lipinski definition) is 5. The third-order valence-corrected chi connectivity index (χ3v) is 6.55. The lowest BCUT2D eigenvalue weighted by atomic mass is 9.87. The normalized spacial score (nSPS) is 14.6. The van der Waals surface area contributed by atoms with E-state index in [9.17, 15) is 4.39 Å². The number of nitrogens with zero attached hydrogens (tertiary/aromatic N) is 4. The lowest BCUT2D eigenvalue weighted by molar-refractivity contribution is 0.416. The molecule has 34 heavy (non-hydrogen) atoms. The highest BCUT2D eigenvalue weighted by Crippen LogP contribution is 2.36. The quantitative estimate of drug-likeness (QED) is 0.336. The molecule has 176 valence electrons. The molecule has 2 aromatic carbocycles. The second-order valence-corrected chi connectivity index (χ2v) is 9.24. The first-order valence-electron chi connectivity index (χ1n) is 12.0. The first-order valence-corrected chi connectivity index (χ1v) is 12.0. The van der Waals surface area contributed by atoms with Crippen molar-refractivity contribution >= 4 is 22.7 Å². The van der Waals surface area contributed by atoms with Crippen LogP contribution in [0.4, 0.5) is 16.2 Å². The van der Waals surface area contributed by atoms with Gasteiger partial charge in [0.05, 0.1) is 18.3 Å². The van der Waals surface area contributed by atoms with Crippen molar-refractivity contribution in [1.29, 1.82) is 0 Å². The largest absolute Gasteiger partial charge is 0.496 e. The smallest absolute Gasteiger partial charge is 0.228 e. The predicted molar refractivity (Wildman–Crippen MR) is 133 cm³/mol. The molecule has 0 unspecified atom stereocenters. The van der Waals surface area contributed by atoms with Crippen molar-refractivity contribution in [3.63, 3.8) is 0 Å². The second kappa shape index (κ2) is 9.41. The van der Waals surface area contributed by atoms with Crippen LogP contribution in [-0.2, 0) is 0 Å². The van der Waals surface area contributed by atoms with Gasteiger partial charge in [0.15, 0.2) is 0 Å². The van der Waals surface area contributed by atoms with Crippen molar-refractivity contribution in [3.05, 3.63) is 60.2 Å². The molecule has 0 bridgehead atoms. The summed E-state index contributed by atoms with van der Waals surface area (Å²) >= 11 is 0. The van der Waals surface area contributed by atoms with Gasteiger partial charge in [0, 0.05) is 40.7 Å². The van der Waals surface area contributed by atoms with Crippen LogP contribution in [0.25, 0.3) is 22.0 Å². The van der Waals surface area contributed by atoms with Crippen LogP contribution >= 0.6 is 0 Å². The number of ether oxygens (including phenoxy) is 1. The summed E-state index contributed by atoms with van der Waals surface area (Å²) in [5.74, 6) is 2.15. The van der Waals surface area contributed by atoms with E-state index in [1.165, 1.54) is 44.2 Å². The van der Waals surface area contributed by atoms with Gasteiger partial charge >= 0.3 is 0 Å². The summed E-state index contributed by atoms with van der Waals surface area (Å²) in [7, 11) is 1.61. The van der Waals surface area contributed by atoms with Crippen LogP contribution in [0.15, 0.2) is 48.7 Å². The minimum atomic E-state index is -0.340. The molecule has 0 spiro atoms. The fraction of sp³-hybridized carbons (Fsp3) is 0.370. The highest BCUT2D eigenvalue weighted by molar-refractivity contribution is 5.95. The average Bonchev–Trinajstić information content (AvgIpc) is 3.28. The molecule has 1 aliphatic carbocycles. The summed E-state index contributed by atoms with van der Waals surface area (Å²) in [4.78, 5) is 9.28. The van der Waals surface area contributed by atoms with Crippen LogP contribution in [0.5, 0.6) is 5.75 Å². The molecule has 5 rings (SSSR count). The summed E-state index contributed by atoms with van der Waals surface area (Å²) in [6.45, 7) is 4.24. The highest BCUT2D eigenvalue weighted by atomic mass is 19.1. The van der Waals surface area contributed by atoms with E-state index in [0.29, 0.717) is 34.1 Å². The van der Waals surface area contributed by atoms with E-state index in [0.717, 1.165) is 17.1 Å². The van der Waals surface area contributed by atoms with Gasteiger partial charge in [-0.1, -0.05) is 37.5 Å². The maximum atomic E-state index is 14.5. The molecule has 7 heteroatoms. The second-order valence-electron chi connectivity index (χ2n) is 9.24. The number of para-hydroxylation sites is 1. The van der Waals surface area contributed by atoms with Gasteiger partial charge in [-0.25, -0.2) is 19.0 Å². The third-order valence-electron chi connectivity index (χ3n) is 6.55. The Morgan fingerprint density at radius 3 is 2.62 bits per heavy atom. The molecule has 1 fully saturated rings. The first kappa shape index (κ1) is 22.3. The van der Waals surface area contributed by atoms with Crippen molar-refractivity contribution in [1.82, 2.24) is 19.7 Å². The van der Waals surface area contributed by atoms with E-state index in [2.05, 4.69) is 30.2 Å². The molecule has 6 nitrogen and oxygen atoms in total. The summed E-state index contributed by atoms with van der Waals surface area (Å²) < 4.78 is 22.0. The number of hydrogen-bond donors (Lipinski definition) is 1. The van der Waals surface area contributed by atoms with Gasteiger partial charge in [0.1, 0.15) is 17.4 Å². The van der Waals surface area contributed by atoms with Crippen LogP contribution in [0.3, 0.4) is 0 Å². The van der Waals surface area contributed by atoms with Crippen molar-refractivity contribution in [2.45, 2.75) is 57.9 Å². The van der Waals surface area contributed by atoms with Crippen LogP contribution in [0.2, 0.25) is 0 Å². The summed E-state index contributed by atoms with van der Waals surface area (Å²) in [6.07, 6.45) is 7.87. The highest BCUT2D eigenvalue weighted by Gasteiger charge is 2.21. The van der Waals surface area contributed by atoms with Crippen molar-refractivity contribution in [2.24, 2.45) is 0 Å². The van der Waals surface area contributed by atoms with Crippen LogP contribution in [-0.4, -0.2) is 26.9 Å². The topological polar surface area (TPSA) is 64.9 Å². The summed E-state index contributed by atoms with van der Waals surface area (Å²) in [5, 5.41) is 8.94. The maximum Gasteiger partial charge on any atom is 0.228 e. The van der Waals surface area contributed by atoms with Crippen LogP contribution in [0, 0.1) is 5.82 Å². The Hall–Kier alpha value is -3.48. The Morgan fingerprint density at radius 2 is 1.85 bits per heavy atom. The Morgan fingerprint density at radius 1 is 1.06 bits per heavy atom. The van der Waals surface area contributed by atoms with Crippen LogP contribution in [0.1, 0.15) is 63.6 Å². The lowest BCUT2D eigenvalue weighted by Crippen LogP contribution is -2.10. The molecule has 0 radical (unpaired) electrons. The molecular weight excluding hydrogens is 429 g/mol. The number of methoxy groups -OCH3 is 1. The molecule has 0 atom stereocenters. The number of rotatable bonds is 6. The fourth-order valence-corrected chi connectivity index (χ4v) is 4.85. The molecule has 2 heterocycles. The zero-order chi connectivity index (χ0) is 23.7. The molecule has 1 N–H and O–H groups in total. The number of fused-ring (bicyclic) bond motifs is 1.